The summed E-state index contributed by atoms with van der Waals surface area (Å²) >= 11 is 0. The maximum absolute atomic E-state index is 6.12. The first-order valence-electron chi connectivity index (χ1n) is 10.6. The van der Waals surface area contributed by atoms with E-state index in [0.29, 0.717) is 11.0 Å². The molecule has 1 atom stereocenters. The van der Waals surface area contributed by atoms with Crippen molar-refractivity contribution in [2.45, 2.75) is 32.4 Å². The predicted molar refractivity (Wildman–Crippen MR) is 125 cm³/mol. The molecule has 0 saturated carbocycles. The number of hydrogen-bond acceptors (Lipinski definition) is 2. The molecule has 3 heteroatoms. The second kappa shape index (κ2) is 8.02. The highest BCUT2D eigenvalue weighted by molar-refractivity contribution is 5.61. The normalized spacial score (nSPS) is 19.0. The number of nitrogens with zero attached hydrogens (tertiary/aromatic N) is 2. The summed E-state index contributed by atoms with van der Waals surface area (Å²) in [7, 11) is 0. The number of rotatable bonds is 6. The highest BCUT2D eigenvalue weighted by Crippen LogP contribution is 2.52. The first-order chi connectivity index (χ1) is 14.6. The fourth-order valence-corrected chi connectivity index (χ4v) is 5.18. The monoisotopic (exact) mass is 396 g/mol. The first-order valence-corrected chi connectivity index (χ1v) is 10.6. The second-order valence-corrected chi connectivity index (χ2v) is 8.16. The molecule has 0 bridgehead atoms. The highest BCUT2D eigenvalue weighted by atomic mass is 15.5. The van der Waals surface area contributed by atoms with Crippen molar-refractivity contribution in [3.63, 3.8) is 0 Å². The van der Waals surface area contributed by atoms with Gasteiger partial charge in [0.25, 0.3) is 0 Å². The Morgan fingerprint density at radius 2 is 1.17 bits per heavy atom. The Balaban J connectivity index is 2.22. The fraction of sp³-hybridized carbons (Fsp3) is 0.222. The van der Waals surface area contributed by atoms with E-state index in [1.54, 1.807) is 0 Å². The predicted octanol–water partition coefficient (Wildman–Crippen LogP) is 5.44. The zero-order valence-electron chi connectivity index (χ0n) is 18.0. The molecule has 0 aromatic heterocycles. The average Bonchev–Trinajstić information content (AvgIpc) is 3.14. The first kappa shape index (κ1) is 20.3. The Hall–Kier alpha value is -3.01. The SMILES string of the molecule is CC1=C(CN)N=C[N+]1(C(C)C)C(c1ccccc1)(c1ccccc1)c1ccccc1. The van der Waals surface area contributed by atoms with Crippen molar-refractivity contribution in [2.24, 2.45) is 10.7 Å². The van der Waals surface area contributed by atoms with Gasteiger partial charge in [0.05, 0.1) is 6.04 Å². The minimum absolute atomic E-state index is 0.235. The summed E-state index contributed by atoms with van der Waals surface area (Å²) in [4.78, 5) is 4.85. The van der Waals surface area contributed by atoms with E-state index in [1.165, 1.54) is 22.4 Å². The molecule has 0 amide bonds. The van der Waals surface area contributed by atoms with Crippen molar-refractivity contribution in [1.82, 2.24) is 0 Å². The summed E-state index contributed by atoms with van der Waals surface area (Å²) in [6.45, 7) is 7.18. The zero-order valence-corrected chi connectivity index (χ0v) is 18.0. The molecule has 30 heavy (non-hydrogen) atoms. The molecule has 1 aliphatic rings. The molecule has 3 aromatic carbocycles. The van der Waals surface area contributed by atoms with E-state index in [4.69, 9.17) is 10.7 Å². The third kappa shape index (κ3) is 2.78. The third-order valence-corrected chi connectivity index (χ3v) is 6.51. The molecule has 0 spiro atoms. The van der Waals surface area contributed by atoms with Crippen molar-refractivity contribution in [1.29, 1.82) is 0 Å². The number of benzene rings is 3. The van der Waals surface area contributed by atoms with Gasteiger partial charge in [0.15, 0.2) is 11.9 Å². The van der Waals surface area contributed by atoms with E-state index >= 15 is 0 Å². The van der Waals surface area contributed by atoms with Crippen LogP contribution in [0.4, 0.5) is 0 Å². The highest BCUT2D eigenvalue weighted by Gasteiger charge is 2.59. The topological polar surface area (TPSA) is 38.4 Å². The molecule has 4 rings (SSSR count). The Labute approximate surface area is 179 Å². The van der Waals surface area contributed by atoms with Gasteiger partial charge in [-0.25, -0.2) is 9.48 Å². The Kier molecular flexibility index (Phi) is 5.42. The molecule has 3 nitrogen and oxygen atoms in total. The lowest BCUT2D eigenvalue weighted by molar-refractivity contribution is -0.866. The van der Waals surface area contributed by atoms with Crippen molar-refractivity contribution in [3.05, 3.63) is 119 Å². The maximum Gasteiger partial charge on any atom is 0.196 e. The van der Waals surface area contributed by atoms with Gasteiger partial charge in [-0.1, -0.05) is 91.0 Å². The lowest BCUT2D eigenvalue weighted by Crippen LogP contribution is -2.64. The summed E-state index contributed by atoms with van der Waals surface area (Å²) in [5, 5.41) is 0. The van der Waals surface area contributed by atoms with Gasteiger partial charge in [-0.15, -0.1) is 0 Å². The summed E-state index contributed by atoms with van der Waals surface area (Å²) in [5.41, 5.74) is 11.5. The summed E-state index contributed by atoms with van der Waals surface area (Å²) < 4.78 is 0.581. The molecule has 1 heterocycles. The van der Waals surface area contributed by atoms with Crippen LogP contribution in [-0.4, -0.2) is 23.4 Å². The quantitative estimate of drug-likeness (QED) is 0.437. The van der Waals surface area contributed by atoms with Crippen LogP contribution in [0, 0.1) is 0 Å². The molecule has 1 unspecified atom stereocenters. The van der Waals surface area contributed by atoms with Crippen LogP contribution in [0.3, 0.4) is 0 Å². The number of hydrogen-bond donors (Lipinski definition) is 1. The fourth-order valence-electron chi connectivity index (χ4n) is 5.18. The molecule has 1 aliphatic heterocycles. The number of nitrogens with two attached hydrogens (primary N) is 1. The van der Waals surface area contributed by atoms with Crippen LogP contribution in [0.25, 0.3) is 0 Å². The zero-order chi connectivity index (χ0) is 21.2. The van der Waals surface area contributed by atoms with E-state index in [0.717, 1.165) is 5.70 Å². The molecule has 3 aromatic rings. The van der Waals surface area contributed by atoms with Crippen LogP contribution in [-0.2, 0) is 5.54 Å². The molecule has 0 fully saturated rings. The molecule has 0 aliphatic carbocycles. The van der Waals surface area contributed by atoms with Gasteiger partial charge < -0.3 is 5.73 Å². The average molecular weight is 397 g/mol. The summed E-state index contributed by atoms with van der Waals surface area (Å²) in [6.07, 6.45) is 2.12. The largest absolute Gasteiger partial charge is 0.325 e. The Bertz CT molecular complexity index is 956. The lowest BCUT2D eigenvalue weighted by Gasteiger charge is -2.52. The van der Waals surface area contributed by atoms with Crippen LogP contribution >= 0.6 is 0 Å². The van der Waals surface area contributed by atoms with Crippen molar-refractivity contribution < 1.29 is 4.48 Å². The lowest BCUT2D eigenvalue weighted by atomic mass is 9.72. The van der Waals surface area contributed by atoms with Crippen LogP contribution in [0.5, 0.6) is 0 Å². The molecule has 2 N–H and O–H groups in total. The van der Waals surface area contributed by atoms with Gasteiger partial charge in [-0.05, 0) is 13.8 Å². The summed E-state index contributed by atoms with van der Waals surface area (Å²) in [6, 6.07) is 32.7. The summed E-state index contributed by atoms with van der Waals surface area (Å²) in [5.74, 6) is 0. The van der Waals surface area contributed by atoms with Gasteiger partial charge in [0.1, 0.15) is 11.4 Å². The van der Waals surface area contributed by atoms with Gasteiger partial charge in [0.2, 0.25) is 0 Å². The molecule has 0 radical (unpaired) electrons. The molecular formula is C27H30N3+. The number of quaternary nitrogens is 1. The van der Waals surface area contributed by atoms with E-state index < -0.39 is 5.54 Å². The third-order valence-electron chi connectivity index (χ3n) is 6.51. The number of aliphatic imine (C=N–C) groups is 1. The Morgan fingerprint density at radius 1 is 0.767 bits per heavy atom. The van der Waals surface area contributed by atoms with Crippen molar-refractivity contribution >= 4 is 6.34 Å². The van der Waals surface area contributed by atoms with Gasteiger partial charge >= 0.3 is 0 Å². The Morgan fingerprint density at radius 3 is 1.47 bits per heavy atom. The van der Waals surface area contributed by atoms with Crippen LogP contribution in [0.15, 0.2) is 107 Å². The number of allylic oxidation sites excluding steroid dienone is 1. The molecule has 152 valence electrons. The minimum Gasteiger partial charge on any atom is -0.325 e. The maximum atomic E-state index is 6.12. The van der Waals surface area contributed by atoms with E-state index in [2.05, 4.69) is 118 Å². The molecular weight excluding hydrogens is 366 g/mol. The van der Waals surface area contributed by atoms with E-state index in [1.807, 2.05) is 0 Å². The van der Waals surface area contributed by atoms with Crippen molar-refractivity contribution in [3.8, 4) is 0 Å². The van der Waals surface area contributed by atoms with E-state index in [9.17, 15) is 0 Å². The van der Waals surface area contributed by atoms with Crippen LogP contribution in [0.1, 0.15) is 37.5 Å². The van der Waals surface area contributed by atoms with Crippen molar-refractivity contribution in [2.75, 3.05) is 6.54 Å². The van der Waals surface area contributed by atoms with E-state index in [-0.39, 0.29) is 6.04 Å². The van der Waals surface area contributed by atoms with Gasteiger partial charge in [-0.2, -0.15) is 0 Å². The standard InChI is InChI=1S/C27H30N3/c1-21(2)30(20-29-26(19-28)22(30)3)27(23-13-7-4-8-14-23,24-15-9-5-10-16-24)25-17-11-6-12-18-25/h4-18,20-21H,19,28H2,1-3H3/q+1. The van der Waals surface area contributed by atoms with Gasteiger partial charge in [0, 0.05) is 30.2 Å². The second-order valence-electron chi connectivity index (χ2n) is 8.16. The van der Waals surface area contributed by atoms with Crippen LogP contribution < -0.4 is 5.73 Å². The smallest absolute Gasteiger partial charge is 0.196 e. The minimum atomic E-state index is -0.498. The molecule has 0 saturated heterocycles. The van der Waals surface area contributed by atoms with Gasteiger partial charge in [-0.3, -0.25) is 0 Å². The van der Waals surface area contributed by atoms with Crippen LogP contribution in [0.2, 0.25) is 0 Å².